The average molecular weight is 481 g/mol. The Morgan fingerprint density at radius 2 is 1.16 bits per heavy atom. The van der Waals surface area contributed by atoms with Gasteiger partial charge >= 0.3 is 0 Å². The van der Waals surface area contributed by atoms with E-state index in [1.165, 1.54) is 55.7 Å². The maximum absolute atomic E-state index is 4.00. The molecule has 0 radical (unpaired) electrons. The van der Waals surface area contributed by atoms with E-state index in [0.717, 1.165) is 0 Å². The first-order valence-corrected chi connectivity index (χ1v) is 13.0. The van der Waals surface area contributed by atoms with Gasteiger partial charge in [0.05, 0.1) is 0 Å². The smallest absolute Gasteiger partial charge is 0.00321 e. The number of hydrogen-bond acceptors (Lipinski definition) is 0. The van der Waals surface area contributed by atoms with Crippen molar-refractivity contribution in [2.75, 3.05) is 0 Å². The number of rotatable bonds is 8. The summed E-state index contributed by atoms with van der Waals surface area (Å²) in [6, 6.07) is 39.0. The molecule has 0 saturated heterocycles. The van der Waals surface area contributed by atoms with Gasteiger partial charge in [-0.1, -0.05) is 152 Å². The molecule has 0 aliphatic carbocycles. The Morgan fingerprint density at radius 3 is 1.70 bits per heavy atom. The summed E-state index contributed by atoms with van der Waals surface area (Å²) in [5.74, 6) is 0.215. The van der Waals surface area contributed by atoms with Gasteiger partial charge in [-0.05, 0) is 65.3 Å². The van der Waals surface area contributed by atoms with Crippen molar-refractivity contribution in [3.63, 3.8) is 0 Å². The van der Waals surface area contributed by atoms with Crippen LogP contribution in [0.25, 0.3) is 27.8 Å². The molecule has 0 N–H and O–H groups in total. The molecule has 1 unspecified atom stereocenters. The predicted octanol–water partition coefficient (Wildman–Crippen LogP) is 10.4. The van der Waals surface area contributed by atoms with E-state index in [4.69, 9.17) is 0 Å². The summed E-state index contributed by atoms with van der Waals surface area (Å²) < 4.78 is 0. The van der Waals surface area contributed by atoms with Crippen LogP contribution in [0.1, 0.15) is 43.0 Å². The van der Waals surface area contributed by atoms with Crippen LogP contribution in [0.2, 0.25) is 0 Å². The molecule has 37 heavy (non-hydrogen) atoms. The highest BCUT2D eigenvalue weighted by molar-refractivity contribution is 5.87. The molecule has 4 aromatic rings. The molecule has 4 rings (SSSR count). The third kappa shape index (κ3) is 6.35. The maximum atomic E-state index is 4.00. The van der Waals surface area contributed by atoms with Crippen LogP contribution in [0, 0.1) is 12.8 Å². The minimum atomic E-state index is 0.215. The second kappa shape index (κ2) is 12.2. The summed E-state index contributed by atoms with van der Waals surface area (Å²) in [4.78, 5) is 0. The minimum Gasteiger partial charge on any atom is -0.0991 e. The van der Waals surface area contributed by atoms with E-state index in [0.29, 0.717) is 0 Å². The third-order valence-electron chi connectivity index (χ3n) is 7.12. The Kier molecular flexibility index (Phi) is 8.54. The fraction of sp³-hybridized carbons (Fsp3) is 0.135. The van der Waals surface area contributed by atoms with Gasteiger partial charge in [-0.3, -0.25) is 0 Å². The molecule has 0 fully saturated rings. The summed E-state index contributed by atoms with van der Waals surface area (Å²) >= 11 is 0. The molecule has 0 aromatic heterocycles. The van der Waals surface area contributed by atoms with Crippen LogP contribution in [0.4, 0.5) is 0 Å². The van der Waals surface area contributed by atoms with E-state index in [1.54, 1.807) is 0 Å². The van der Waals surface area contributed by atoms with Gasteiger partial charge in [-0.25, -0.2) is 0 Å². The summed E-state index contributed by atoms with van der Waals surface area (Å²) in [7, 11) is 0. The van der Waals surface area contributed by atoms with Crippen molar-refractivity contribution < 1.29 is 0 Å². The molecule has 0 heteroatoms. The molecule has 1 atom stereocenters. The summed E-state index contributed by atoms with van der Waals surface area (Å²) in [5.41, 5.74) is 12.5. The van der Waals surface area contributed by atoms with Crippen LogP contribution in [0.15, 0.2) is 140 Å². The van der Waals surface area contributed by atoms with Gasteiger partial charge in [0.25, 0.3) is 0 Å². The SMILES string of the molecule is C=C/C=C(/c1ccccc1)C(C)/C(C)=C(\C=C(/C)c1ccccc1)c1ccc(-c2ccc(C)cc2)cc1. The van der Waals surface area contributed by atoms with Gasteiger partial charge in [-0.2, -0.15) is 0 Å². The second-order valence-electron chi connectivity index (χ2n) is 9.68. The first kappa shape index (κ1) is 25.9. The lowest BCUT2D eigenvalue weighted by Crippen LogP contribution is -2.03. The molecular weight excluding hydrogens is 444 g/mol. The molecule has 4 aromatic carbocycles. The van der Waals surface area contributed by atoms with Crippen molar-refractivity contribution in [2.45, 2.75) is 27.7 Å². The second-order valence-corrected chi connectivity index (χ2v) is 9.68. The van der Waals surface area contributed by atoms with Crippen molar-refractivity contribution in [3.8, 4) is 11.1 Å². The van der Waals surface area contributed by atoms with Crippen LogP contribution < -0.4 is 0 Å². The zero-order valence-electron chi connectivity index (χ0n) is 22.4. The lowest BCUT2D eigenvalue weighted by Gasteiger charge is -2.21. The van der Waals surface area contributed by atoms with Gasteiger partial charge in [0.15, 0.2) is 0 Å². The van der Waals surface area contributed by atoms with Gasteiger partial charge in [0, 0.05) is 5.92 Å². The molecule has 0 spiro atoms. The van der Waals surface area contributed by atoms with Crippen LogP contribution in [-0.4, -0.2) is 0 Å². The van der Waals surface area contributed by atoms with Crippen LogP contribution in [-0.2, 0) is 0 Å². The Labute approximate surface area is 223 Å². The Hall–Kier alpha value is -4.16. The molecule has 0 nitrogen and oxygen atoms in total. The predicted molar refractivity (Wildman–Crippen MR) is 163 cm³/mol. The Morgan fingerprint density at radius 1 is 0.649 bits per heavy atom. The summed E-state index contributed by atoms with van der Waals surface area (Å²) in [6.07, 6.45) is 6.39. The normalized spacial score (nSPS) is 13.6. The maximum Gasteiger partial charge on any atom is 0.00321 e. The van der Waals surface area contributed by atoms with Gasteiger partial charge in [0.1, 0.15) is 0 Å². The summed E-state index contributed by atoms with van der Waals surface area (Å²) in [5, 5.41) is 0. The topological polar surface area (TPSA) is 0 Å². The third-order valence-corrected chi connectivity index (χ3v) is 7.12. The van der Waals surface area contributed by atoms with Crippen molar-refractivity contribution in [3.05, 3.63) is 162 Å². The van der Waals surface area contributed by atoms with E-state index in [-0.39, 0.29) is 5.92 Å². The molecule has 0 saturated carbocycles. The molecule has 0 aliphatic heterocycles. The zero-order chi connectivity index (χ0) is 26.2. The number of benzene rings is 4. The van der Waals surface area contributed by atoms with Crippen LogP contribution in [0.3, 0.4) is 0 Å². The lowest BCUT2D eigenvalue weighted by atomic mass is 9.83. The fourth-order valence-electron chi connectivity index (χ4n) is 4.73. The molecule has 184 valence electrons. The van der Waals surface area contributed by atoms with Gasteiger partial charge in [-0.15, -0.1) is 0 Å². The number of aryl methyl sites for hydroxylation is 1. The van der Waals surface area contributed by atoms with Crippen molar-refractivity contribution in [1.29, 1.82) is 0 Å². The quantitative estimate of drug-likeness (QED) is 0.220. The number of allylic oxidation sites excluding steroid dienone is 7. The van der Waals surface area contributed by atoms with Gasteiger partial charge < -0.3 is 0 Å². The largest absolute Gasteiger partial charge is 0.0991 e. The van der Waals surface area contributed by atoms with Crippen molar-refractivity contribution >= 4 is 16.7 Å². The Balaban J connectivity index is 1.82. The van der Waals surface area contributed by atoms with Crippen LogP contribution in [0.5, 0.6) is 0 Å². The minimum absolute atomic E-state index is 0.215. The fourth-order valence-corrected chi connectivity index (χ4v) is 4.73. The molecule has 0 heterocycles. The highest BCUT2D eigenvalue weighted by Gasteiger charge is 2.17. The highest BCUT2D eigenvalue weighted by Crippen LogP contribution is 2.36. The van der Waals surface area contributed by atoms with E-state index >= 15 is 0 Å². The van der Waals surface area contributed by atoms with E-state index in [1.807, 2.05) is 6.08 Å². The summed E-state index contributed by atoms with van der Waals surface area (Å²) in [6.45, 7) is 12.9. The first-order chi connectivity index (χ1) is 18.0. The first-order valence-electron chi connectivity index (χ1n) is 13.0. The zero-order valence-corrected chi connectivity index (χ0v) is 22.4. The van der Waals surface area contributed by atoms with E-state index in [9.17, 15) is 0 Å². The van der Waals surface area contributed by atoms with Gasteiger partial charge in [0.2, 0.25) is 0 Å². The molecular formula is C37H36. The molecule has 0 bridgehead atoms. The van der Waals surface area contributed by atoms with Crippen molar-refractivity contribution in [1.82, 2.24) is 0 Å². The van der Waals surface area contributed by atoms with E-state index < -0.39 is 0 Å². The van der Waals surface area contributed by atoms with E-state index in [2.05, 4.69) is 156 Å². The average Bonchev–Trinajstić information content (AvgIpc) is 2.95. The Bertz CT molecular complexity index is 1410. The monoisotopic (exact) mass is 480 g/mol. The number of hydrogen-bond donors (Lipinski definition) is 0. The molecule has 0 aliphatic rings. The molecule has 0 amide bonds. The highest BCUT2D eigenvalue weighted by atomic mass is 14.2. The van der Waals surface area contributed by atoms with Crippen molar-refractivity contribution in [2.24, 2.45) is 5.92 Å². The van der Waals surface area contributed by atoms with Crippen LogP contribution >= 0.6 is 0 Å². The standard InChI is InChI=1S/C37H36/c1-6-13-36(34-16-11-8-12-17-34)29(4)30(5)37(26-28(3)31-14-9-7-10-15-31)35-24-22-33(23-25-35)32-20-18-27(2)19-21-32/h6-26,29H,1H2,2-5H3/b28-26+,36-13+,37-30+. The lowest BCUT2D eigenvalue weighted by molar-refractivity contribution is 0.889.